The minimum atomic E-state index is -2.28. The maximum absolute atomic E-state index is 11.9. The predicted octanol–water partition coefficient (Wildman–Crippen LogP) is -2.34. The van der Waals surface area contributed by atoms with Gasteiger partial charge >= 0.3 is 11.9 Å². The largest absolute Gasteiger partial charge is 0.480 e. The lowest BCUT2D eigenvalue weighted by Crippen LogP contribution is -2.62. The number of carbonyl (C=O) groups excluding carboxylic acids is 2. The van der Waals surface area contributed by atoms with E-state index in [9.17, 15) is 19.2 Å². The van der Waals surface area contributed by atoms with Gasteiger partial charge in [0.1, 0.15) is 0 Å². The normalized spacial score (nSPS) is 17.9. The highest BCUT2D eigenvalue weighted by atomic mass is 32.1. The Morgan fingerprint density at radius 2 is 1.36 bits per heavy atom. The van der Waals surface area contributed by atoms with E-state index < -0.39 is 58.6 Å². The summed E-state index contributed by atoms with van der Waals surface area (Å²) in [5.74, 6) is -5.94. The van der Waals surface area contributed by atoms with Crippen LogP contribution in [0.2, 0.25) is 0 Å². The van der Waals surface area contributed by atoms with Gasteiger partial charge in [0.25, 0.3) is 0 Å². The summed E-state index contributed by atoms with van der Waals surface area (Å²) in [5, 5.41) is 17.9. The Morgan fingerprint density at radius 3 is 1.68 bits per heavy atom. The molecule has 0 aliphatic rings. The Bertz CT molecular complexity index is 488. The first-order chi connectivity index (χ1) is 9.97. The van der Waals surface area contributed by atoms with Gasteiger partial charge in [-0.1, -0.05) is 0 Å². The van der Waals surface area contributed by atoms with Gasteiger partial charge in [0, 0.05) is 17.9 Å². The van der Waals surface area contributed by atoms with Crippen molar-refractivity contribution in [3.63, 3.8) is 0 Å². The number of aliphatic carboxylic acids is 2. The standard InChI is InChI=1S/C11H19N3O6S2/c12-5(7(16)11(14,4-22)9(19)20)1-2-6(15)10(13,3-21)8(17)18/h5,21-22H,1-4,12-14H2,(H,17,18)(H,19,20)/t5?,10-,11-/m1/s1. The van der Waals surface area contributed by atoms with Crippen molar-refractivity contribution in [3.05, 3.63) is 0 Å². The van der Waals surface area contributed by atoms with Crippen LogP contribution in [0.1, 0.15) is 12.8 Å². The smallest absolute Gasteiger partial charge is 0.332 e. The summed E-state index contributed by atoms with van der Waals surface area (Å²) < 4.78 is 0. The zero-order chi connectivity index (χ0) is 17.7. The van der Waals surface area contributed by atoms with Crippen molar-refractivity contribution in [3.8, 4) is 0 Å². The molecule has 0 amide bonds. The molecule has 8 N–H and O–H groups in total. The molecule has 22 heavy (non-hydrogen) atoms. The van der Waals surface area contributed by atoms with E-state index in [0.717, 1.165) is 0 Å². The first-order valence-corrected chi connectivity index (χ1v) is 7.33. The first-order valence-electron chi connectivity index (χ1n) is 6.06. The van der Waals surface area contributed by atoms with Crippen LogP contribution in [0, 0.1) is 0 Å². The number of Topliss-reactive ketones (excluding diaryl/α,β-unsaturated/α-hetero) is 2. The molecule has 126 valence electrons. The number of ketones is 2. The predicted molar refractivity (Wildman–Crippen MR) is 84.0 cm³/mol. The van der Waals surface area contributed by atoms with Gasteiger partial charge < -0.3 is 27.4 Å². The lowest BCUT2D eigenvalue weighted by molar-refractivity contribution is -0.148. The van der Waals surface area contributed by atoms with Crippen molar-refractivity contribution < 1.29 is 29.4 Å². The number of thiol groups is 2. The maximum atomic E-state index is 11.9. The third-order valence-electron chi connectivity index (χ3n) is 3.22. The summed E-state index contributed by atoms with van der Waals surface area (Å²) in [7, 11) is 0. The summed E-state index contributed by atoms with van der Waals surface area (Å²) in [6, 6.07) is -1.37. The third kappa shape index (κ3) is 4.20. The van der Waals surface area contributed by atoms with Gasteiger partial charge in [-0.05, 0) is 6.42 Å². The number of carboxylic acids is 2. The molecule has 0 aliphatic heterocycles. The summed E-state index contributed by atoms with van der Waals surface area (Å²) in [6.45, 7) is 0. The molecule has 0 aromatic carbocycles. The quantitative estimate of drug-likeness (QED) is 0.167. The van der Waals surface area contributed by atoms with Crippen LogP contribution in [0.15, 0.2) is 0 Å². The minimum Gasteiger partial charge on any atom is -0.480 e. The first kappa shape index (κ1) is 20.9. The van der Waals surface area contributed by atoms with E-state index in [0.29, 0.717) is 0 Å². The van der Waals surface area contributed by atoms with E-state index in [2.05, 4.69) is 25.3 Å². The Morgan fingerprint density at radius 1 is 0.955 bits per heavy atom. The van der Waals surface area contributed by atoms with Crippen molar-refractivity contribution in [1.29, 1.82) is 0 Å². The van der Waals surface area contributed by atoms with Crippen LogP contribution in [0.25, 0.3) is 0 Å². The molecule has 0 aromatic rings. The van der Waals surface area contributed by atoms with Crippen molar-refractivity contribution in [2.45, 2.75) is 30.0 Å². The molecule has 0 rings (SSSR count). The second kappa shape index (κ2) is 7.92. The minimum absolute atomic E-state index is 0.294. The van der Waals surface area contributed by atoms with Gasteiger partial charge in [-0.25, -0.2) is 9.59 Å². The summed E-state index contributed by atoms with van der Waals surface area (Å²) in [6.07, 6.45) is -0.726. The van der Waals surface area contributed by atoms with Gasteiger partial charge in [-0.15, -0.1) is 0 Å². The molecule has 0 radical (unpaired) electrons. The van der Waals surface area contributed by atoms with Crippen LogP contribution in [-0.4, -0.2) is 62.3 Å². The maximum Gasteiger partial charge on any atom is 0.332 e. The van der Waals surface area contributed by atoms with Crippen molar-refractivity contribution >= 4 is 48.8 Å². The molecular weight excluding hydrogens is 334 g/mol. The molecule has 0 heterocycles. The Balaban J connectivity index is 4.93. The summed E-state index contributed by atoms with van der Waals surface area (Å²) in [5.41, 5.74) is 11.9. The number of carbonyl (C=O) groups is 4. The molecule has 0 aliphatic carbocycles. The highest BCUT2D eigenvalue weighted by molar-refractivity contribution is 7.80. The molecule has 0 saturated heterocycles. The van der Waals surface area contributed by atoms with Crippen molar-refractivity contribution in [2.24, 2.45) is 17.2 Å². The molecule has 0 fully saturated rings. The molecule has 0 spiro atoms. The van der Waals surface area contributed by atoms with Crippen LogP contribution < -0.4 is 17.2 Å². The second-order valence-corrected chi connectivity index (χ2v) is 5.43. The van der Waals surface area contributed by atoms with E-state index in [1.807, 2.05) is 0 Å². The van der Waals surface area contributed by atoms with Gasteiger partial charge in [-0.2, -0.15) is 25.3 Å². The van der Waals surface area contributed by atoms with Crippen LogP contribution in [0.3, 0.4) is 0 Å². The molecule has 9 nitrogen and oxygen atoms in total. The molecule has 0 aromatic heterocycles. The topological polar surface area (TPSA) is 187 Å². The summed E-state index contributed by atoms with van der Waals surface area (Å²) in [4.78, 5) is 45.8. The molecule has 11 heteroatoms. The lowest BCUT2D eigenvalue weighted by Gasteiger charge is -2.25. The fourth-order valence-corrected chi connectivity index (χ4v) is 2.10. The van der Waals surface area contributed by atoms with E-state index >= 15 is 0 Å². The van der Waals surface area contributed by atoms with Crippen molar-refractivity contribution in [1.82, 2.24) is 0 Å². The van der Waals surface area contributed by atoms with E-state index in [4.69, 9.17) is 27.4 Å². The molecule has 0 saturated carbocycles. The molecular formula is C11H19N3O6S2. The highest BCUT2D eigenvalue weighted by Crippen LogP contribution is 2.14. The van der Waals surface area contributed by atoms with Gasteiger partial charge in [0.15, 0.2) is 22.6 Å². The van der Waals surface area contributed by atoms with E-state index in [-0.39, 0.29) is 6.42 Å². The SMILES string of the molecule is NC(CCC(=O)[C@](N)(CS)C(=O)O)C(=O)[C@](N)(CS)C(=O)O. The van der Waals surface area contributed by atoms with Crippen LogP contribution in [0.4, 0.5) is 0 Å². The fourth-order valence-electron chi connectivity index (χ4n) is 1.50. The van der Waals surface area contributed by atoms with Crippen molar-refractivity contribution in [2.75, 3.05) is 11.5 Å². The Labute approximate surface area is 137 Å². The Kier molecular flexibility index (Phi) is 7.51. The van der Waals surface area contributed by atoms with Crippen LogP contribution in [-0.2, 0) is 19.2 Å². The van der Waals surface area contributed by atoms with Gasteiger partial charge in [-0.3, -0.25) is 9.59 Å². The number of hydrogen-bond donors (Lipinski definition) is 7. The van der Waals surface area contributed by atoms with Gasteiger partial charge in [0.2, 0.25) is 0 Å². The molecule has 3 atom stereocenters. The van der Waals surface area contributed by atoms with Crippen LogP contribution >= 0.6 is 25.3 Å². The van der Waals surface area contributed by atoms with E-state index in [1.54, 1.807) is 0 Å². The van der Waals surface area contributed by atoms with Crippen LogP contribution in [0.5, 0.6) is 0 Å². The highest BCUT2D eigenvalue weighted by Gasteiger charge is 2.44. The molecule has 0 bridgehead atoms. The second-order valence-electron chi connectivity index (χ2n) is 4.80. The van der Waals surface area contributed by atoms with E-state index in [1.165, 1.54) is 0 Å². The average molecular weight is 353 g/mol. The van der Waals surface area contributed by atoms with Gasteiger partial charge in [0.05, 0.1) is 6.04 Å². The monoisotopic (exact) mass is 353 g/mol. The zero-order valence-corrected chi connectivity index (χ0v) is 13.3. The average Bonchev–Trinajstić information content (AvgIpc) is 2.48. The fraction of sp³-hybridized carbons (Fsp3) is 0.636. The zero-order valence-electron chi connectivity index (χ0n) is 11.6. The number of nitrogens with two attached hydrogens (primary N) is 3. The Hall–Kier alpha value is -1.14. The number of rotatable bonds is 10. The summed E-state index contributed by atoms with van der Waals surface area (Å²) >= 11 is 7.43. The lowest BCUT2D eigenvalue weighted by atomic mass is 9.87. The number of hydrogen-bond acceptors (Lipinski definition) is 9. The third-order valence-corrected chi connectivity index (χ3v) is 4.22. The molecule has 1 unspecified atom stereocenters. The number of carboxylic acid groups (broad SMARTS) is 2.